The Hall–Kier alpha value is -4.33. The normalized spacial score (nSPS) is 17.1. The van der Waals surface area contributed by atoms with E-state index in [1.165, 1.54) is 0 Å². The van der Waals surface area contributed by atoms with Gasteiger partial charge in [-0.25, -0.2) is 4.98 Å². The summed E-state index contributed by atoms with van der Waals surface area (Å²) >= 11 is 0. The Kier molecular flexibility index (Phi) is 6.33. The van der Waals surface area contributed by atoms with E-state index in [0.29, 0.717) is 23.0 Å². The minimum absolute atomic E-state index is 0.154. The van der Waals surface area contributed by atoms with Crippen molar-refractivity contribution < 1.29 is 23.8 Å². The van der Waals surface area contributed by atoms with E-state index in [1.54, 1.807) is 32.1 Å². The Balaban J connectivity index is 1.79. The lowest BCUT2D eigenvalue weighted by atomic mass is 9.88. The van der Waals surface area contributed by atoms with Gasteiger partial charge in [0, 0.05) is 5.56 Å². The van der Waals surface area contributed by atoms with Crippen LogP contribution in [0.4, 0.5) is 5.95 Å². The number of anilines is 1. The van der Waals surface area contributed by atoms with Crippen molar-refractivity contribution in [2.45, 2.75) is 19.5 Å². The summed E-state index contributed by atoms with van der Waals surface area (Å²) < 4.78 is 18.7. The van der Waals surface area contributed by atoms with Gasteiger partial charge in [0.2, 0.25) is 11.9 Å². The second-order valence-corrected chi connectivity index (χ2v) is 8.44. The zero-order valence-electron chi connectivity index (χ0n) is 20.4. The highest BCUT2D eigenvalue weighted by atomic mass is 16.5. The Morgan fingerprint density at radius 1 is 0.944 bits per heavy atom. The number of hydrogen-bond donors (Lipinski definition) is 0. The van der Waals surface area contributed by atoms with E-state index in [2.05, 4.69) is 0 Å². The van der Waals surface area contributed by atoms with Crippen LogP contribution in [0.2, 0.25) is 0 Å². The van der Waals surface area contributed by atoms with Crippen LogP contribution >= 0.6 is 0 Å². The Bertz CT molecular complexity index is 1420. The number of nitrogens with zero attached hydrogens (tertiary/aromatic N) is 3. The lowest BCUT2D eigenvalue weighted by molar-refractivity contribution is -0.153. The Morgan fingerprint density at radius 3 is 2.42 bits per heavy atom. The van der Waals surface area contributed by atoms with Crippen LogP contribution in [0.3, 0.4) is 0 Å². The average molecular weight is 486 g/mol. The van der Waals surface area contributed by atoms with Crippen molar-refractivity contribution in [3.05, 3.63) is 83.9 Å². The number of ether oxygens (including phenoxy) is 3. The molecular weight excluding hydrogens is 458 g/mol. The molecule has 0 saturated heterocycles. The van der Waals surface area contributed by atoms with Gasteiger partial charge in [0.05, 0.1) is 44.4 Å². The molecule has 0 unspecified atom stereocenters. The summed E-state index contributed by atoms with van der Waals surface area (Å²) in [5, 5.41) is 0. The number of rotatable bonds is 7. The molecule has 0 radical (unpaired) electrons. The largest absolute Gasteiger partial charge is 0.493 e. The highest BCUT2D eigenvalue weighted by Crippen LogP contribution is 2.46. The molecule has 4 aromatic rings. The van der Waals surface area contributed by atoms with Crippen LogP contribution in [0.5, 0.6) is 11.5 Å². The van der Waals surface area contributed by atoms with Gasteiger partial charge < -0.3 is 18.8 Å². The second kappa shape index (κ2) is 9.73. The molecule has 36 heavy (non-hydrogen) atoms. The molecule has 0 bridgehead atoms. The number of fused-ring (bicyclic) bond motifs is 3. The van der Waals surface area contributed by atoms with Crippen LogP contribution in [0.15, 0.2) is 72.8 Å². The van der Waals surface area contributed by atoms with E-state index >= 15 is 0 Å². The molecule has 5 rings (SSSR count). The van der Waals surface area contributed by atoms with E-state index in [0.717, 1.165) is 16.6 Å². The van der Waals surface area contributed by atoms with Gasteiger partial charge in [-0.1, -0.05) is 54.6 Å². The van der Waals surface area contributed by atoms with Crippen molar-refractivity contribution in [1.82, 2.24) is 9.55 Å². The Labute approximate surface area is 209 Å². The molecule has 184 valence electrons. The highest BCUT2D eigenvalue weighted by molar-refractivity contribution is 6.08. The van der Waals surface area contributed by atoms with Gasteiger partial charge in [-0.2, -0.15) is 0 Å². The molecular formula is C28H27N3O5. The second-order valence-electron chi connectivity index (χ2n) is 8.44. The van der Waals surface area contributed by atoms with Crippen molar-refractivity contribution in [2.24, 2.45) is 5.92 Å². The van der Waals surface area contributed by atoms with Crippen LogP contribution in [0.25, 0.3) is 11.0 Å². The first kappa shape index (κ1) is 23.4. The predicted molar refractivity (Wildman–Crippen MR) is 135 cm³/mol. The van der Waals surface area contributed by atoms with Gasteiger partial charge in [-0.05, 0) is 30.7 Å². The number of benzene rings is 3. The number of amides is 1. The SMILES string of the molecule is CCOC(=O)[C@@H]1C(=O)N(Cc2ccccc2)c2nc3ccccc3n2[C@H]1c1cccc(OC)c1OC. The maximum Gasteiger partial charge on any atom is 0.321 e. The molecule has 0 fully saturated rings. The maximum atomic E-state index is 14.1. The third-order valence-corrected chi connectivity index (χ3v) is 6.42. The number of carbonyl (C=O) groups excluding carboxylic acids is 2. The average Bonchev–Trinajstić information content (AvgIpc) is 3.29. The summed E-state index contributed by atoms with van der Waals surface area (Å²) in [7, 11) is 3.09. The number of esters is 1. The van der Waals surface area contributed by atoms with Crippen LogP contribution in [0.1, 0.15) is 24.1 Å². The first-order chi connectivity index (χ1) is 17.6. The van der Waals surface area contributed by atoms with E-state index in [1.807, 2.05) is 71.3 Å². The van der Waals surface area contributed by atoms with Crippen molar-refractivity contribution in [3.63, 3.8) is 0 Å². The van der Waals surface area contributed by atoms with Crippen LogP contribution in [0, 0.1) is 5.92 Å². The molecule has 0 spiro atoms. The standard InChI is InChI=1S/C28H27N3O5/c1-4-36-27(33)23-24(19-13-10-16-22(34-2)25(19)35-3)31-21-15-9-8-14-20(21)29-28(31)30(26(23)32)17-18-11-6-5-7-12-18/h5-16,23-24H,4,17H2,1-3H3/t23-,24-/m0/s1. The summed E-state index contributed by atoms with van der Waals surface area (Å²) in [5.41, 5.74) is 3.06. The first-order valence-electron chi connectivity index (χ1n) is 11.8. The fourth-order valence-electron chi connectivity index (χ4n) is 4.89. The van der Waals surface area contributed by atoms with Crippen molar-refractivity contribution in [1.29, 1.82) is 0 Å². The number of para-hydroxylation sites is 3. The monoisotopic (exact) mass is 485 g/mol. The smallest absolute Gasteiger partial charge is 0.321 e. The highest BCUT2D eigenvalue weighted by Gasteiger charge is 2.49. The lowest BCUT2D eigenvalue weighted by Gasteiger charge is -2.38. The van der Waals surface area contributed by atoms with Gasteiger partial charge in [0.15, 0.2) is 17.4 Å². The predicted octanol–water partition coefficient (Wildman–Crippen LogP) is 4.37. The zero-order valence-corrected chi connectivity index (χ0v) is 20.4. The number of methoxy groups -OCH3 is 2. The van der Waals surface area contributed by atoms with Crippen molar-refractivity contribution >= 4 is 28.9 Å². The van der Waals surface area contributed by atoms with E-state index in [-0.39, 0.29) is 19.1 Å². The Morgan fingerprint density at radius 2 is 1.69 bits per heavy atom. The fourth-order valence-corrected chi connectivity index (χ4v) is 4.89. The maximum absolute atomic E-state index is 14.1. The van der Waals surface area contributed by atoms with Gasteiger partial charge in [0.25, 0.3) is 0 Å². The summed E-state index contributed by atoms with van der Waals surface area (Å²) in [5.74, 6) is -0.718. The van der Waals surface area contributed by atoms with E-state index in [4.69, 9.17) is 19.2 Å². The van der Waals surface area contributed by atoms with Gasteiger partial charge >= 0.3 is 5.97 Å². The summed E-state index contributed by atoms with van der Waals surface area (Å²) in [6.07, 6.45) is 0. The minimum atomic E-state index is -1.15. The van der Waals surface area contributed by atoms with Crippen LogP contribution < -0.4 is 14.4 Å². The molecule has 1 aliphatic rings. The quantitative estimate of drug-likeness (QED) is 0.286. The number of aromatic nitrogens is 2. The van der Waals surface area contributed by atoms with Gasteiger partial charge in [-0.3, -0.25) is 14.5 Å². The lowest BCUT2D eigenvalue weighted by Crippen LogP contribution is -2.49. The van der Waals surface area contributed by atoms with E-state index < -0.39 is 17.9 Å². The summed E-state index contributed by atoms with van der Waals surface area (Å²) in [4.78, 5) is 34.0. The third-order valence-electron chi connectivity index (χ3n) is 6.42. The summed E-state index contributed by atoms with van der Waals surface area (Å²) in [6, 6.07) is 22.0. The van der Waals surface area contributed by atoms with Gasteiger partial charge in [0.1, 0.15) is 0 Å². The molecule has 1 aliphatic heterocycles. The molecule has 1 aromatic heterocycles. The number of hydrogen-bond acceptors (Lipinski definition) is 6. The molecule has 0 saturated carbocycles. The topological polar surface area (TPSA) is 82.9 Å². The van der Waals surface area contributed by atoms with Crippen molar-refractivity contribution in [2.75, 3.05) is 25.7 Å². The molecule has 1 amide bonds. The molecule has 0 aliphatic carbocycles. The zero-order chi connectivity index (χ0) is 25.2. The molecule has 0 N–H and O–H groups in total. The van der Waals surface area contributed by atoms with E-state index in [9.17, 15) is 9.59 Å². The summed E-state index contributed by atoms with van der Waals surface area (Å²) in [6.45, 7) is 2.15. The van der Waals surface area contributed by atoms with Crippen LogP contribution in [-0.4, -0.2) is 42.3 Å². The molecule has 8 heteroatoms. The first-order valence-corrected chi connectivity index (χ1v) is 11.8. The minimum Gasteiger partial charge on any atom is -0.493 e. The molecule has 8 nitrogen and oxygen atoms in total. The number of carbonyl (C=O) groups is 2. The fraction of sp³-hybridized carbons (Fsp3) is 0.250. The van der Waals surface area contributed by atoms with Crippen molar-refractivity contribution in [3.8, 4) is 11.5 Å². The molecule has 2 heterocycles. The molecule has 2 atom stereocenters. The van der Waals surface area contributed by atoms with Gasteiger partial charge in [-0.15, -0.1) is 0 Å². The van der Waals surface area contributed by atoms with Crippen LogP contribution in [-0.2, 0) is 20.9 Å². The molecule has 3 aromatic carbocycles. The third kappa shape index (κ3) is 3.84. The number of imidazole rings is 1.